The van der Waals surface area contributed by atoms with E-state index in [-0.39, 0.29) is 18.3 Å². The summed E-state index contributed by atoms with van der Waals surface area (Å²) >= 11 is 0. The summed E-state index contributed by atoms with van der Waals surface area (Å²) in [5, 5.41) is 2.86. The van der Waals surface area contributed by atoms with E-state index < -0.39 is 0 Å². The first-order valence-electron chi connectivity index (χ1n) is 7.61. The third kappa shape index (κ3) is 5.35. The van der Waals surface area contributed by atoms with Crippen LogP contribution < -0.4 is 20.5 Å². The fraction of sp³-hybridized carbons (Fsp3) is 0.278. The van der Waals surface area contributed by atoms with Crippen LogP contribution in [0.25, 0.3) is 0 Å². The maximum atomic E-state index is 12.4. The molecule has 0 unspecified atom stereocenters. The molecule has 0 saturated carbocycles. The van der Waals surface area contributed by atoms with Crippen LogP contribution in [-0.4, -0.2) is 19.6 Å². The molecular weight excluding hydrogens is 328 g/mol. The lowest BCUT2D eigenvalue weighted by atomic mass is 10.2. The van der Waals surface area contributed by atoms with Crippen LogP contribution in [0.15, 0.2) is 42.5 Å². The Bertz CT molecular complexity index is 660. The van der Waals surface area contributed by atoms with Gasteiger partial charge in [-0.1, -0.05) is 13.3 Å². The molecule has 0 heterocycles. The maximum Gasteiger partial charge on any atom is 0.255 e. The second-order valence-electron chi connectivity index (χ2n) is 5.14. The van der Waals surface area contributed by atoms with Gasteiger partial charge in [-0.2, -0.15) is 0 Å². The summed E-state index contributed by atoms with van der Waals surface area (Å²) in [5.74, 6) is 1.06. The molecule has 0 radical (unpaired) electrons. The fourth-order valence-electron chi connectivity index (χ4n) is 2.02. The van der Waals surface area contributed by atoms with E-state index in [9.17, 15) is 4.79 Å². The standard InChI is InChI=1S/C18H22N2O3.ClH/c1-3-4-11-23-17-10-9-15(22-2)12-16(17)20-18(21)13-5-7-14(19)8-6-13;/h5-10,12H,3-4,11,19H2,1-2H3,(H,20,21);1H. The minimum atomic E-state index is -0.224. The summed E-state index contributed by atoms with van der Waals surface area (Å²) < 4.78 is 11.0. The number of methoxy groups -OCH3 is 1. The summed E-state index contributed by atoms with van der Waals surface area (Å²) in [4.78, 5) is 12.4. The van der Waals surface area contributed by atoms with Gasteiger partial charge in [-0.15, -0.1) is 12.4 Å². The number of unbranched alkanes of at least 4 members (excludes halogenated alkanes) is 1. The van der Waals surface area contributed by atoms with Crippen LogP contribution in [0.4, 0.5) is 11.4 Å². The Hall–Kier alpha value is -2.40. The van der Waals surface area contributed by atoms with Crippen LogP contribution in [0, 0.1) is 0 Å². The average Bonchev–Trinajstić information content (AvgIpc) is 2.56. The van der Waals surface area contributed by atoms with E-state index in [4.69, 9.17) is 15.2 Å². The molecule has 3 N–H and O–H groups in total. The molecule has 2 aromatic rings. The van der Waals surface area contributed by atoms with Gasteiger partial charge in [0.2, 0.25) is 0 Å². The van der Waals surface area contributed by atoms with Crippen LogP contribution in [0.2, 0.25) is 0 Å². The van der Waals surface area contributed by atoms with Gasteiger partial charge in [-0.05, 0) is 42.8 Å². The minimum absolute atomic E-state index is 0. The molecule has 2 rings (SSSR count). The third-order valence-corrected chi connectivity index (χ3v) is 3.36. The molecule has 0 spiro atoms. The van der Waals surface area contributed by atoms with Gasteiger partial charge in [0.1, 0.15) is 11.5 Å². The summed E-state index contributed by atoms with van der Waals surface area (Å²) in [6.07, 6.45) is 2.00. The van der Waals surface area contributed by atoms with Crippen LogP contribution in [0.5, 0.6) is 11.5 Å². The normalized spacial score (nSPS) is 9.75. The molecule has 0 aliphatic carbocycles. The highest BCUT2D eigenvalue weighted by molar-refractivity contribution is 6.05. The number of hydrogen-bond acceptors (Lipinski definition) is 4. The SMILES string of the molecule is CCCCOc1ccc(OC)cc1NC(=O)c1ccc(N)cc1.Cl. The number of ether oxygens (including phenoxy) is 2. The molecule has 5 nitrogen and oxygen atoms in total. The van der Waals surface area contributed by atoms with Crippen molar-refractivity contribution in [2.24, 2.45) is 0 Å². The lowest BCUT2D eigenvalue weighted by Gasteiger charge is -2.14. The van der Waals surface area contributed by atoms with Crippen LogP contribution >= 0.6 is 12.4 Å². The van der Waals surface area contributed by atoms with Crippen molar-refractivity contribution in [3.63, 3.8) is 0 Å². The van der Waals surface area contributed by atoms with Crippen LogP contribution in [0.3, 0.4) is 0 Å². The number of carbonyl (C=O) groups is 1. The second-order valence-corrected chi connectivity index (χ2v) is 5.14. The molecule has 0 fully saturated rings. The van der Waals surface area contributed by atoms with Crippen LogP contribution in [-0.2, 0) is 0 Å². The monoisotopic (exact) mass is 350 g/mol. The van der Waals surface area contributed by atoms with Gasteiger partial charge < -0.3 is 20.5 Å². The van der Waals surface area contributed by atoms with E-state index in [1.54, 1.807) is 49.6 Å². The minimum Gasteiger partial charge on any atom is -0.497 e. The number of hydrogen-bond donors (Lipinski definition) is 2. The Kier molecular flexibility index (Phi) is 7.92. The number of amides is 1. The Morgan fingerprint density at radius 2 is 1.88 bits per heavy atom. The molecule has 2 aromatic carbocycles. The number of nitrogens with one attached hydrogen (secondary N) is 1. The smallest absolute Gasteiger partial charge is 0.255 e. The van der Waals surface area contributed by atoms with Crippen molar-refractivity contribution < 1.29 is 14.3 Å². The third-order valence-electron chi connectivity index (χ3n) is 3.36. The zero-order valence-electron chi connectivity index (χ0n) is 13.9. The first-order chi connectivity index (χ1) is 11.1. The van der Waals surface area contributed by atoms with Crippen molar-refractivity contribution in [3.8, 4) is 11.5 Å². The highest BCUT2D eigenvalue weighted by atomic mass is 35.5. The molecule has 24 heavy (non-hydrogen) atoms. The summed E-state index contributed by atoms with van der Waals surface area (Å²) in [6.45, 7) is 2.70. The maximum absolute atomic E-state index is 12.4. The summed E-state index contributed by atoms with van der Waals surface area (Å²) in [7, 11) is 1.58. The molecule has 0 aliphatic rings. The van der Waals surface area contributed by atoms with Gasteiger partial charge in [0.15, 0.2) is 0 Å². The van der Waals surface area contributed by atoms with E-state index in [0.29, 0.717) is 35.0 Å². The predicted molar refractivity (Wildman–Crippen MR) is 99.5 cm³/mol. The molecule has 0 atom stereocenters. The summed E-state index contributed by atoms with van der Waals surface area (Å²) in [6, 6.07) is 12.1. The van der Waals surface area contributed by atoms with Crippen molar-refractivity contribution in [1.82, 2.24) is 0 Å². The van der Waals surface area contributed by atoms with Crippen molar-refractivity contribution in [2.75, 3.05) is 24.8 Å². The number of carbonyl (C=O) groups excluding carboxylic acids is 1. The number of nitrogens with two attached hydrogens (primary N) is 1. The van der Waals surface area contributed by atoms with E-state index >= 15 is 0 Å². The van der Waals surface area contributed by atoms with E-state index in [1.807, 2.05) is 0 Å². The zero-order chi connectivity index (χ0) is 16.7. The molecular formula is C18H23ClN2O3. The van der Waals surface area contributed by atoms with Crippen LogP contribution in [0.1, 0.15) is 30.1 Å². The Labute approximate surface area is 148 Å². The van der Waals surface area contributed by atoms with Crippen molar-refractivity contribution in [2.45, 2.75) is 19.8 Å². The van der Waals surface area contributed by atoms with Gasteiger partial charge >= 0.3 is 0 Å². The molecule has 0 aliphatic heterocycles. The summed E-state index contributed by atoms with van der Waals surface area (Å²) in [5.41, 5.74) is 7.37. The van der Waals surface area contributed by atoms with Gasteiger partial charge in [0, 0.05) is 17.3 Å². The number of halogens is 1. The quantitative estimate of drug-likeness (QED) is 0.581. The van der Waals surface area contributed by atoms with Gasteiger partial charge in [-0.3, -0.25) is 4.79 Å². The van der Waals surface area contributed by atoms with E-state index in [2.05, 4.69) is 12.2 Å². The highest BCUT2D eigenvalue weighted by Gasteiger charge is 2.11. The van der Waals surface area contributed by atoms with Crippen molar-refractivity contribution in [1.29, 1.82) is 0 Å². The zero-order valence-corrected chi connectivity index (χ0v) is 14.7. The molecule has 130 valence electrons. The van der Waals surface area contributed by atoms with Crippen molar-refractivity contribution >= 4 is 29.7 Å². The lowest BCUT2D eigenvalue weighted by Crippen LogP contribution is -2.13. The van der Waals surface area contributed by atoms with E-state index in [0.717, 1.165) is 12.8 Å². The largest absolute Gasteiger partial charge is 0.497 e. The topological polar surface area (TPSA) is 73.6 Å². The van der Waals surface area contributed by atoms with Gasteiger partial charge in [0.25, 0.3) is 5.91 Å². The van der Waals surface area contributed by atoms with Gasteiger partial charge in [-0.25, -0.2) is 0 Å². The number of rotatable bonds is 7. The average molecular weight is 351 g/mol. The molecule has 6 heteroatoms. The Morgan fingerprint density at radius 1 is 1.17 bits per heavy atom. The lowest BCUT2D eigenvalue weighted by molar-refractivity contribution is 0.102. The number of nitrogen functional groups attached to an aromatic ring is 1. The highest BCUT2D eigenvalue weighted by Crippen LogP contribution is 2.30. The second kappa shape index (κ2) is 9.67. The Balaban J connectivity index is 0.00000288. The molecule has 0 aromatic heterocycles. The Morgan fingerprint density at radius 3 is 2.50 bits per heavy atom. The fourth-order valence-corrected chi connectivity index (χ4v) is 2.02. The molecule has 1 amide bonds. The first kappa shape index (κ1) is 19.6. The molecule has 0 bridgehead atoms. The van der Waals surface area contributed by atoms with E-state index in [1.165, 1.54) is 0 Å². The predicted octanol–water partition coefficient (Wildman–Crippen LogP) is 4.13. The molecule has 0 saturated heterocycles. The number of anilines is 2. The van der Waals surface area contributed by atoms with Crippen molar-refractivity contribution in [3.05, 3.63) is 48.0 Å². The van der Waals surface area contributed by atoms with Gasteiger partial charge in [0.05, 0.1) is 19.4 Å². The number of benzene rings is 2. The first-order valence-corrected chi connectivity index (χ1v) is 7.61.